The first-order valence-electron chi connectivity index (χ1n) is 7.53. The molecular weight excluding hydrogens is 293 g/mol. The first-order valence-corrected chi connectivity index (χ1v) is 8.29. The molecule has 5 heteroatoms. The maximum Gasteiger partial charge on any atom is 0.150 e. The summed E-state index contributed by atoms with van der Waals surface area (Å²) in [6.07, 6.45) is 6.09. The second kappa shape index (κ2) is 7.37. The second-order valence-corrected chi connectivity index (χ2v) is 6.09. The van der Waals surface area contributed by atoms with Crippen molar-refractivity contribution in [2.75, 3.05) is 23.3 Å². The molecule has 2 rings (SSSR count). The van der Waals surface area contributed by atoms with Crippen LogP contribution in [0, 0.1) is 0 Å². The molecule has 1 aliphatic rings. The molecule has 1 N–H and O–H groups in total. The summed E-state index contributed by atoms with van der Waals surface area (Å²) in [5, 5.41) is 4.51. The molecule has 112 valence electrons. The number of pyridine rings is 1. The Hall–Kier alpha value is -0.670. The molecule has 20 heavy (non-hydrogen) atoms. The molecule has 1 fully saturated rings. The number of hydrogen-bond donors (Lipinski definition) is 1. The number of nitrogens with one attached hydrogen (secondary N) is 1. The Kier molecular flexibility index (Phi) is 5.79. The highest BCUT2D eigenvalue weighted by Crippen LogP contribution is 2.35. The lowest BCUT2D eigenvalue weighted by Gasteiger charge is -2.30. The van der Waals surface area contributed by atoms with Crippen LogP contribution in [-0.2, 0) is 0 Å². The summed E-state index contributed by atoms with van der Waals surface area (Å²) in [6.45, 7) is 6.06. The van der Waals surface area contributed by atoms with Crippen molar-refractivity contribution in [1.82, 2.24) is 4.98 Å². The maximum absolute atomic E-state index is 6.37. The number of aromatic nitrogens is 1. The third kappa shape index (κ3) is 3.50. The van der Waals surface area contributed by atoms with Crippen molar-refractivity contribution >= 4 is 34.8 Å². The molecule has 0 amide bonds. The van der Waals surface area contributed by atoms with Gasteiger partial charge >= 0.3 is 0 Å². The molecule has 0 unspecified atom stereocenters. The van der Waals surface area contributed by atoms with Crippen LogP contribution in [-0.4, -0.2) is 24.1 Å². The van der Waals surface area contributed by atoms with Crippen LogP contribution in [0.2, 0.25) is 10.0 Å². The summed E-state index contributed by atoms with van der Waals surface area (Å²) in [7, 11) is 0. The Morgan fingerprint density at radius 3 is 2.55 bits per heavy atom. The van der Waals surface area contributed by atoms with Gasteiger partial charge in [-0.3, -0.25) is 0 Å². The van der Waals surface area contributed by atoms with Gasteiger partial charge in [0.1, 0.15) is 11.6 Å². The highest BCUT2D eigenvalue weighted by molar-refractivity contribution is 6.37. The van der Waals surface area contributed by atoms with Gasteiger partial charge in [-0.15, -0.1) is 0 Å². The van der Waals surface area contributed by atoms with Crippen LogP contribution < -0.4 is 10.2 Å². The molecular formula is C15H23Cl2N3. The predicted molar refractivity (Wildman–Crippen MR) is 88.3 cm³/mol. The normalized spacial score (nSPS) is 15.6. The molecule has 0 atom stereocenters. The molecule has 1 aromatic heterocycles. The van der Waals surface area contributed by atoms with Gasteiger partial charge in [-0.2, -0.15) is 0 Å². The van der Waals surface area contributed by atoms with Gasteiger partial charge in [-0.25, -0.2) is 4.98 Å². The minimum atomic E-state index is 0.560. The van der Waals surface area contributed by atoms with Crippen molar-refractivity contribution in [3.63, 3.8) is 0 Å². The van der Waals surface area contributed by atoms with Crippen molar-refractivity contribution in [3.05, 3.63) is 16.1 Å². The predicted octanol–water partition coefficient (Wildman–Crippen LogP) is 4.98. The average Bonchev–Trinajstić information content (AvgIpc) is 2.94. The van der Waals surface area contributed by atoms with Gasteiger partial charge < -0.3 is 10.2 Å². The molecule has 1 saturated carbocycles. The molecule has 1 aromatic rings. The Morgan fingerprint density at radius 2 is 1.95 bits per heavy atom. The van der Waals surface area contributed by atoms with Gasteiger partial charge in [0.25, 0.3) is 0 Å². The minimum Gasteiger partial charge on any atom is -0.369 e. The third-order valence-corrected chi connectivity index (χ3v) is 4.40. The summed E-state index contributed by atoms with van der Waals surface area (Å²) < 4.78 is 0. The third-order valence-electron chi connectivity index (χ3n) is 3.83. The van der Waals surface area contributed by atoms with E-state index >= 15 is 0 Å². The van der Waals surface area contributed by atoms with E-state index in [0.717, 1.165) is 31.1 Å². The quantitative estimate of drug-likeness (QED) is 0.802. The van der Waals surface area contributed by atoms with Crippen molar-refractivity contribution in [1.29, 1.82) is 0 Å². The van der Waals surface area contributed by atoms with Crippen LogP contribution in [0.5, 0.6) is 0 Å². The van der Waals surface area contributed by atoms with Gasteiger partial charge in [0.15, 0.2) is 0 Å². The fourth-order valence-corrected chi connectivity index (χ4v) is 3.36. The monoisotopic (exact) mass is 315 g/mol. The van der Waals surface area contributed by atoms with Gasteiger partial charge in [0.2, 0.25) is 0 Å². The van der Waals surface area contributed by atoms with Crippen LogP contribution in [0.25, 0.3) is 0 Å². The molecule has 1 aliphatic carbocycles. The summed E-state index contributed by atoms with van der Waals surface area (Å²) in [6, 6.07) is 2.37. The van der Waals surface area contributed by atoms with E-state index in [0.29, 0.717) is 16.1 Å². The Bertz CT molecular complexity index is 445. The summed E-state index contributed by atoms with van der Waals surface area (Å²) >= 11 is 12.6. The lowest BCUT2D eigenvalue weighted by molar-refractivity contribution is 0.613. The van der Waals surface area contributed by atoms with E-state index in [1.54, 1.807) is 6.07 Å². The summed E-state index contributed by atoms with van der Waals surface area (Å²) in [5.74, 6) is 1.61. The van der Waals surface area contributed by atoms with Gasteiger partial charge in [-0.1, -0.05) is 43.0 Å². The molecule has 0 aliphatic heterocycles. The first-order chi connectivity index (χ1) is 9.67. The Morgan fingerprint density at radius 1 is 1.25 bits per heavy atom. The zero-order valence-corrected chi connectivity index (χ0v) is 13.8. The summed E-state index contributed by atoms with van der Waals surface area (Å²) in [4.78, 5) is 7.00. The van der Waals surface area contributed by atoms with E-state index in [4.69, 9.17) is 23.2 Å². The first kappa shape index (κ1) is 15.7. The van der Waals surface area contributed by atoms with Gasteiger partial charge in [0.05, 0.1) is 10.0 Å². The maximum atomic E-state index is 6.37. The molecule has 0 saturated heterocycles. The van der Waals surface area contributed by atoms with Crippen LogP contribution in [0.3, 0.4) is 0 Å². The van der Waals surface area contributed by atoms with Crippen LogP contribution in [0.15, 0.2) is 6.07 Å². The van der Waals surface area contributed by atoms with Gasteiger partial charge in [0, 0.05) is 19.1 Å². The number of anilines is 2. The molecule has 0 bridgehead atoms. The smallest absolute Gasteiger partial charge is 0.150 e. The lowest BCUT2D eigenvalue weighted by atomic mass is 10.2. The standard InChI is InChI=1S/C15H23Cl2N3/c1-3-9-18-14-12(16)10-13(17)15(19-14)20(4-2)11-7-5-6-8-11/h10-11H,3-9H2,1-2H3,(H,18,19). The molecule has 0 spiro atoms. The van der Waals surface area contributed by atoms with Crippen molar-refractivity contribution in [2.45, 2.75) is 52.0 Å². The van der Waals surface area contributed by atoms with E-state index in [-0.39, 0.29) is 0 Å². The van der Waals surface area contributed by atoms with E-state index < -0.39 is 0 Å². The molecule has 0 radical (unpaired) electrons. The van der Waals surface area contributed by atoms with Crippen LogP contribution in [0.1, 0.15) is 46.0 Å². The highest BCUT2D eigenvalue weighted by Gasteiger charge is 2.25. The zero-order chi connectivity index (χ0) is 14.5. The molecule has 1 heterocycles. The number of halogens is 2. The zero-order valence-electron chi connectivity index (χ0n) is 12.3. The van der Waals surface area contributed by atoms with E-state index in [1.165, 1.54) is 25.7 Å². The number of rotatable bonds is 6. The van der Waals surface area contributed by atoms with Crippen molar-refractivity contribution < 1.29 is 0 Å². The lowest BCUT2D eigenvalue weighted by Crippen LogP contribution is -2.34. The number of nitrogens with zero attached hydrogens (tertiary/aromatic N) is 2. The Balaban J connectivity index is 2.28. The SMILES string of the molecule is CCCNc1nc(N(CC)C2CCCC2)c(Cl)cc1Cl. The van der Waals surface area contributed by atoms with Crippen LogP contribution in [0.4, 0.5) is 11.6 Å². The van der Waals surface area contributed by atoms with Crippen molar-refractivity contribution in [3.8, 4) is 0 Å². The topological polar surface area (TPSA) is 28.2 Å². The largest absolute Gasteiger partial charge is 0.369 e. The van der Waals surface area contributed by atoms with Gasteiger partial charge in [-0.05, 0) is 32.3 Å². The highest BCUT2D eigenvalue weighted by atomic mass is 35.5. The van der Waals surface area contributed by atoms with E-state index in [9.17, 15) is 0 Å². The number of hydrogen-bond acceptors (Lipinski definition) is 3. The Labute approximate surface area is 131 Å². The fourth-order valence-electron chi connectivity index (χ4n) is 2.82. The molecule has 3 nitrogen and oxygen atoms in total. The molecule has 0 aromatic carbocycles. The fraction of sp³-hybridized carbons (Fsp3) is 0.667. The minimum absolute atomic E-state index is 0.560. The second-order valence-electron chi connectivity index (χ2n) is 5.28. The van der Waals surface area contributed by atoms with E-state index in [1.807, 2.05) is 0 Å². The average molecular weight is 316 g/mol. The van der Waals surface area contributed by atoms with Crippen LogP contribution >= 0.6 is 23.2 Å². The van der Waals surface area contributed by atoms with Crippen molar-refractivity contribution in [2.24, 2.45) is 0 Å². The van der Waals surface area contributed by atoms with E-state index in [2.05, 4.69) is 29.0 Å². The summed E-state index contributed by atoms with van der Waals surface area (Å²) in [5.41, 5.74) is 0.